The zero-order chi connectivity index (χ0) is 19.0. The number of carbonyl (C=O) groups is 1. The smallest absolute Gasteiger partial charge is 0.308 e. The monoisotopic (exact) mass is 386 g/mol. The molecule has 8 heteroatoms. The Hall–Kier alpha value is -0.770. The van der Waals surface area contributed by atoms with E-state index in [9.17, 15) is 15.0 Å². The van der Waals surface area contributed by atoms with Gasteiger partial charge in [0.2, 0.25) is 0 Å². The molecule has 27 heavy (non-hydrogen) atoms. The number of aliphatic hydroxyl groups excluding tert-OH is 2. The van der Waals surface area contributed by atoms with E-state index in [-0.39, 0.29) is 36.8 Å². The maximum Gasteiger partial charge on any atom is 0.308 e. The molecule has 0 amide bonds. The van der Waals surface area contributed by atoms with Gasteiger partial charge in [-0.15, -0.1) is 0 Å². The number of methoxy groups -OCH3 is 1. The molecule has 3 aliphatic heterocycles. The van der Waals surface area contributed by atoms with Gasteiger partial charge in [0.25, 0.3) is 0 Å². The van der Waals surface area contributed by atoms with E-state index in [1.165, 1.54) is 7.11 Å². The highest BCUT2D eigenvalue weighted by Gasteiger charge is 2.60. The lowest BCUT2D eigenvalue weighted by atomic mass is 9.87. The summed E-state index contributed by atoms with van der Waals surface area (Å²) < 4.78 is 29.8. The first-order valence-corrected chi connectivity index (χ1v) is 10.1. The van der Waals surface area contributed by atoms with Gasteiger partial charge in [-0.05, 0) is 25.7 Å². The molecule has 3 saturated heterocycles. The molecule has 0 aromatic rings. The molecule has 2 N–H and O–H groups in total. The predicted octanol–water partition coefficient (Wildman–Crippen LogP) is 0.662. The molecule has 4 aliphatic rings. The van der Waals surface area contributed by atoms with Gasteiger partial charge >= 0.3 is 5.97 Å². The van der Waals surface area contributed by atoms with E-state index < -0.39 is 30.7 Å². The lowest BCUT2D eigenvalue weighted by Gasteiger charge is -2.47. The van der Waals surface area contributed by atoms with Crippen molar-refractivity contribution in [2.45, 2.75) is 99.9 Å². The van der Waals surface area contributed by atoms with E-state index in [2.05, 4.69) is 0 Å². The number of fused-ring (bicyclic) bond motifs is 3. The van der Waals surface area contributed by atoms with Gasteiger partial charge < -0.3 is 33.9 Å². The van der Waals surface area contributed by atoms with Gasteiger partial charge in [0.05, 0.1) is 32.3 Å². The molecule has 0 bridgehead atoms. The normalized spacial score (nSPS) is 41.6. The number of esters is 1. The van der Waals surface area contributed by atoms with Crippen molar-refractivity contribution in [3.63, 3.8) is 0 Å². The fourth-order valence-electron chi connectivity index (χ4n) is 4.93. The first kappa shape index (κ1) is 19.5. The number of carbonyl (C=O) groups excluding carboxylic acids is 1. The average Bonchev–Trinajstić information content (AvgIpc) is 3.06. The molecular weight excluding hydrogens is 356 g/mol. The van der Waals surface area contributed by atoms with Gasteiger partial charge in [-0.3, -0.25) is 4.79 Å². The van der Waals surface area contributed by atoms with Crippen LogP contribution in [0.1, 0.15) is 51.4 Å². The molecule has 1 aliphatic carbocycles. The highest BCUT2D eigenvalue weighted by molar-refractivity contribution is 5.69. The highest BCUT2D eigenvalue weighted by Crippen LogP contribution is 2.47. The van der Waals surface area contributed by atoms with Gasteiger partial charge in [-0.1, -0.05) is 6.42 Å². The molecular formula is C19H30O8. The zero-order valence-electron chi connectivity index (χ0n) is 15.7. The number of hydrogen-bond donors (Lipinski definition) is 2. The quantitative estimate of drug-likeness (QED) is 0.680. The Morgan fingerprint density at radius 3 is 2.56 bits per heavy atom. The Morgan fingerprint density at radius 1 is 1.11 bits per heavy atom. The molecule has 1 saturated carbocycles. The summed E-state index contributed by atoms with van der Waals surface area (Å²) in [5, 5.41) is 19.8. The van der Waals surface area contributed by atoms with Crippen LogP contribution in [0, 0.1) is 0 Å². The molecule has 0 aromatic carbocycles. The standard InChI is InChI=1S/C19H30O8/c1-23-14(22)9-11-5-6-13-16(24-11)18-17(15(25-13)12(21)10-20)26-19(27-18)7-3-2-4-8-19/h11-13,15-18,20-21H,2-10H2,1H3/t11?,12-,13?,15+,16+,17?,18?/m1/s1. The second-order valence-electron chi connectivity index (χ2n) is 8.11. The summed E-state index contributed by atoms with van der Waals surface area (Å²) in [5.74, 6) is -0.953. The summed E-state index contributed by atoms with van der Waals surface area (Å²) in [4.78, 5) is 11.6. The second kappa shape index (κ2) is 7.93. The Bertz CT molecular complexity index is 534. The van der Waals surface area contributed by atoms with Crippen molar-refractivity contribution in [2.75, 3.05) is 13.7 Å². The van der Waals surface area contributed by atoms with Crippen LogP contribution in [0.5, 0.6) is 0 Å². The van der Waals surface area contributed by atoms with Crippen LogP contribution >= 0.6 is 0 Å². The van der Waals surface area contributed by atoms with Gasteiger partial charge in [-0.25, -0.2) is 0 Å². The first-order chi connectivity index (χ1) is 13.0. The summed E-state index contributed by atoms with van der Waals surface area (Å²) in [7, 11) is 1.37. The minimum atomic E-state index is -1.03. The van der Waals surface area contributed by atoms with Crippen molar-refractivity contribution in [1.82, 2.24) is 0 Å². The SMILES string of the molecule is COC(=O)CC1CCC2O[C@@H]([C@H](O)CO)C3OC4(CCCCC4)OC3[C@H]2O1. The van der Waals surface area contributed by atoms with Gasteiger partial charge in [0, 0.05) is 12.8 Å². The third kappa shape index (κ3) is 3.75. The van der Waals surface area contributed by atoms with Crippen LogP contribution in [0.3, 0.4) is 0 Å². The summed E-state index contributed by atoms with van der Waals surface area (Å²) >= 11 is 0. The van der Waals surface area contributed by atoms with E-state index in [1.54, 1.807) is 0 Å². The minimum absolute atomic E-state index is 0.200. The van der Waals surface area contributed by atoms with Gasteiger partial charge in [0.15, 0.2) is 5.79 Å². The number of aliphatic hydroxyl groups is 2. The minimum Gasteiger partial charge on any atom is -0.469 e. The Kier molecular flexibility index (Phi) is 5.74. The molecule has 154 valence electrons. The van der Waals surface area contributed by atoms with Crippen LogP contribution in [0.25, 0.3) is 0 Å². The second-order valence-corrected chi connectivity index (χ2v) is 8.11. The van der Waals surface area contributed by atoms with Crippen LogP contribution in [0.15, 0.2) is 0 Å². The summed E-state index contributed by atoms with van der Waals surface area (Å²) in [6, 6.07) is 0. The van der Waals surface area contributed by atoms with Crippen molar-refractivity contribution >= 4 is 5.97 Å². The molecule has 0 radical (unpaired) electrons. The molecule has 8 nitrogen and oxygen atoms in total. The van der Waals surface area contributed by atoms with Crippen LogP contribution < -0.4 is 0 Å². The van der Waals surface area contributed by atoms with Gasteiger partial charge in [-0.2, -0.15) is 0 Å². The lowest BCUT2D eigenvalue weighted by molar-refractivity contribution is -0.256. The van der Waals surface area contributed by atoms with Crippen LogP contribution in [-0.2, 0) is 28.5 Å². The Labute approximate surface area is 159 Å². The van der Waals surface area contributed by atoms with Gasteiger partial charge in [0.1, 0.15) is 30.5 Å². The average molecular weight is 386 g/mol. The molecule has 3 heterocycles. The summed E-state index contributed by atoms with van der Waals surface area (Å²) in [5.41, 5.74) is 0. The van der Waals surface area contributed by atoms with Crippen molar-refractivity contribution in [1.29, 1.82) is 0 Å². The zero-order valence-corrected chi connectivity index (χ0v) is 15.7. The third-order valence-corrected chi connectivity index (χ3v) is 6.30. The van der Waals surface area contributed by atoms with Crippen LogP contribution in [0.2, 0.25) is 0 Å². The van der Waals surface area contributed by atoms with E-state index in [4.69, 9.17) is 23.7 Å². The fourth-order valence-corrected chi connectivity index (χ4v) is 4.93. The third-order valence-electron chi connectivity index (χ3n) is 6.30. The molecule has 4 rings (SSSR count). The molecule has 0 aromatic heterocycles. The predicted molar refractivity (Wildman–Crippen MR) is 91.8 cm³/mol. The van der Waals surface area contributed by atoms with Crippen molar-refractivity contribution in [2.24, 2.45) is 0 Å². The topological polar surface area (TPSA) is 104 Å². The van der Waals surface area contributed by atoms with E-state index in [1.807, 2.05) is 0 Å². The van der Waals surface area contributed by atoms with Crippen molar-refractivity contribution in [3.8, 4) is 0 Å². The summed E-state index contributed by atoms with van der Waals surface area (Å²) in [6.45, 7) is -0.395. The van der Waals surface area contributed by atoms with Crippen LogP contribution in [-0.4, -0.2) is 78.4 Å². The van der Waals surface area contributed by atoms with E-state index in [0.717, 1.165) is 32.1 Å². The van der Waals surface area contributed by atoms with E-state index in [0.29, 0.717) is 12.8 Å². The lowest BCUT2D eigenvalue weighted by Crippen LogP contribution is -2.62. The van der Waals surface area contributed by atoms with Crippen molar-refractivity contribution < 1.29 is 38.7 Å². The highest BCUT2D eigenvalue weighted by atomic mass is 16.8. The van der Waals surface area contributed by atoms with Crippen molar-refractivity contribution in [3.05, 3.63) is 0 Å². The van der Waals surface area contributed by atoms with E-state index >= 15 is 0 Å². The fraction of sp³-hybridized carbons (Fsp3) is 0.947. The number of hydrogen-bond acceptors (Lipinski definition) is 8. The maximum absolute atomic E-state index is 11.6. The Morgan fingerprint density at radius 2 is 1.85 bits per heavy atom. The first-order valence-electron chi connectivity index (χ1n) is 10.1. The maximum atomic E-state index is 11.6. The number of rotatable bonds is 4. The molecule has 7 atom stereocenters. The molecule has 4 fully saturated rings. The number of ether oxygens (including phenoxy) is 5. The molecule has 1 spiro atoms. The Balaban J connectivity index is 1.54. The largest absolute Gasteiger partial charge is 0.469 e. The molecule has 4 unspecified atom stereocenters. The van der Waals surface area contributed by atoms with Crippen LogP contribution in [0.4, 0.5) is 0 Å². The summed E-state index contributed by atoms with van der Waals surface area (Å²) in [6.07, 6.45) is 3.00.